The summed E-state index contributed by atoms with van der Waals surface area (Å²) < 4.78 is 20.5. The SMILES string of the molecule is COc1ccc(CCN(C)C)cc1C1(N2CCCC[C@H]2C(=O)N(C)C)C(=O)Nc2ccc(F)cc21. The van der Waals surface area contributed by atoms with Gasteiger partial charge in [-0.2, -0.15) is 0 Å². The van der Waals surface area contributed by atoms with Crippen molar-refractivity contribution in [3.8, 4) is 5.75 Å². The van der Waals surface area contributed by atoms with Crippen molar-refractivity contribution in [2.45, 2.75) is 37.3 Å². The van der Waals surface area contributed by atoms with Gasteiger partial charge in [0, 0.05) is 44.0 Å². The molecule has 2 aliphatic heterocycles. The fraction of sp³-hybridized carbons (Fsp3) is 0.481. The first-order chi connectivity index (χ1) is 16.7. The molecule has 2 amide bonds. The second kappa shape index (κ2) is 9.95. The lowest BCUT2D eigenvalue weighted by Crippen LogP contribution is -2.61. The molecule has 1 N–H and O–H groups in total. The Labute approximate surface area is 206 Å². The topological polar surface area (TPSA) is 65.1 Å². The first-order valence-corrected chi connectivity index (χ1v) is 12.1. The van der Waals surface area contributed by atoms with E-state index < -0.39 is 17.4 Å². The van der Waals surface area contributed by atoms with Gasteiger partial charge in [-0.25, -0.2) is 4.39 Å². The largest absolute Gasteiger partial charge is 0.496 e. The molecule has 2 heterocycles. The Balaban J connectivity index is 2.00. The molecule has 0 bridgehead atoms. The fourth-order valence-corrected chi connectivity index (χ4v) is 5.40. The van der Waals surface area contributed by atoms with Crippen LogP contribution in [0, 0.1) is 5.82 Å². The number of methoxy groups -OCH3 is 1. The molecule has 2 aromatic rings. The highest BCUT2D eigenvalue weighted by Crippen LogP contribution is 2.50. The van der Waals surface area contributed by atoms with Crippen LogP contribution in [-0.4, -0.2) is 80.9 Å². The summed E-state index contributed by atoms with van der Waals surface area (Å²) in [4.78, 5) is 33.1. The van der Waals surface area contributed by atoms with Crippen molar-refractivity contribution in [2.24, 2.45) is 0 Å². The number of nitrogens with zero attached hydrogens (tertiary/aromatic N) is 3. The molecular formula is C27H35FN4O3. The number of likely N-dealkylation sites (N-methyl/N-ethyl adjacent to an activating group) is 2. The molecule has 188 valence electrons. The van der Waals surface area contributed by atoms with Crippen molar-refractivity contribution in [3.63, 3.8) is 0 Å². The number of halogens is 1. The van der Waals surface area contributed by atoms with Crippen LogP contribution in [0.2, 0.25) is 0 Å². The third-order valence-corrected chi connectivity index (χ3v) is 7.11. The zero-order valence-corrected chi connectivity index (χ0v) is 21.2. The number of anilines is 1. The van der Waals surface area contributed by atoms with Gasteiger partial charge in [0.2, 0.25) is 5.91 Å². The minimum atomic E-state index is -1.40. The molecule has 0 saturated carbocycles. The number of benzene rings is 2. The third-order valence-electron chi connectivity index (χ3n) is 7.11. The molecular weight excluding hydrogens is 447 g/mol. The van der Waals surface area contributed by atoms with E-state index in [1.54, 1.807) is 32.2 Å². The Bertz CT molecular complexity index is 1120. The molecule has 8 heteroatoms. The van der Waals surface area contributed by atoms with Crippen LogP contribution in [0.3, 0.4) is 0 Å². The summed E-state index contributed by atoms with van der Waals surface area (Å²) in [5.74, 6) is -0.253. The van der Waals surface area contributed by atoms with Gasteiger partial charge in [-0.05, 0) is 69.3 Å². The zero-order chi connectivity index (χ0) is 25.3. The second-order valence-corrected chi connectivity index (χ2v) is 9.88. The van der Waals surface area contributed by atoms with Gasteiger partial charge in [0.25, 0.3) is 5.91 Å². The second-order valence-electron chi connectivity index (χ2n) is 9.88. The van der Waals surface area contributed by atoms with Crippen LogP contribution in [0.5, 0.6) is 5.75 Å². The smallest absolute Gasteiger partial charge is 0.254 e. The molecule has 0 aromatic heterocycles. The number of ether oxygens (including phenoxy) is 1. The van der Waals surface area contributed by atoms with Gasteiger partial charge in [-0.3, -0.25) is 14.5 Å². The number of fused-ring (bicyclic) bond motifs is 1. The average molecular weight is 483 g/mol. The summed E-state index contributed by atoms with van der Waals surface area (Å²) in [7, 11) is 9.06. The van der Waals surface area contributed by atoms with E-state index in [0.29, 0.717) is 35.5 Å². The van der Waals surface area contributed by atoms with E-state index in [-0.39, 0.29) is 11.8 Å². The summed E-state index contributed by atoms with van der Waals surface area (Å²) in [5, 5.41) is 2.99. The predicted molar refractivity (Wildman–Crippen MR) is 134 cm³/mol. The average Bonchev–Trinajstić information content (AvgIpc) is 3.13. The molecule has 2 atom stereocenters. The van der Waals surface area contributed by atoms with Crippen molar-refractivity contribution >= 4 is 17.5 Å². The maximum Gasteiger partial charge on any atom is 0.254 e. The van der Waals surface area contributed by atoms with Crippen molar-refractivity contribution in [1.29, 1.82) is 0 Å². The van der Waals surface area contributed by atoms with Crippen LogP contribution in [0.1, 0.15) is 36.0 Å². The number of likely N-dealkylation sites (tertiary alicyclic amines) is 1. The monoisotopic (exact) mass is 482 g/mol. The van der Waals surface area contributed by atoms with Gasteiger partial charge in [-0.1, -0.05) is 12.5 Å². The molecule has 7 nitrogen and oxygen atoms in total. The van der Waals surface area contributed by atoms with Crippen LogP contribution in [0.4, 0.5) is 10.1 Å². The molecule has 4 rings (SSSR count). The van der Waals surface area contributed by atoms with Crippen LogP contribution in [0.15, 0.2) is 36.4 Å². The predicted octanol–water partition coefficient (Wildman–Crippen LogP) is 3.08. The summed E-state index contributed by atoms with van der Waals surface area (Å²) in [5.41, 5.74) is 1.35. The number of rotatable bonds is 7. The molecule has 1 fully saturated rings. The number of carbonyl (C=O) groups is 2. The number of hydrogen-bond donors (Lipinski definition) is 1. The highest BCUT2D eigenvalue weighted by molar-refractivity contribution is 6.09. The Morgan fingerprint density at radius 1 is 1.14 bits per heavy atom. The minimum absolute atomic E-state index is 0.0653. The number of hydrogen-bond acceptors (Lipinski definition) is 5. The highest BCUT2D eigenvalue weighted by atomic mass is 19.1. The van der Waals surface area contributed by atoms with E-state index >= 15 is 0 Å². The maximum atomic E-state index is 14.7. The van der Waals surface area contributed by atoms with Gasteiger partial charge in [0.15, 0.2) is 5.54 Å². The summed E-state index contributed by atoms with van der Waals surface area (Å²) in [6, 6.07) is 9.71. The van der Waals surface area contributed by atoms with Crippen molar-refractivity contribution in [3.05, 3.63) is 58.9 Å². The molecule has 2 aliphatic rings. The van der Waals surface area contributed by atoms with E-state index in [0.717, 1.165) is 31.4 Å². The van der Waals surface area contributed by atoms with Crippen LogP contribution < -0.4 is 10.1 Å². The fourth-order valence-electron chi connectivity index (χ4n) is 5.40. The van der Waals surface area contributed by atoms with E-state index in [1.807, 2.05) is 37.2 Å². The molecule has 1 saturated heterocycles. The quantitative estimate of drug-likeness (QED) is 0.657. The molecule has 0 spiro atoms. The van der Waals surface area contributed by atoms with Crippen molar-refractivity contribution in [2.75, 3.05) is 53.7 Å². The summed E-state index contributed by atoms with van der Waals surface area (Å²) in [6.45, 7) is 1.36. The van der Waals surface area contributed by atoms with Crippen LogP contribution in [0.25, 0.3) is 0 Å². The van der Waals surface area contributed by atoms with E-state index in [9.17, 15) is 14.0 Å². The van der Waals surface area contributed by atoms with E-state index in [1.165, 1.54) is 12.1 Å². The first-order valence-electron chi connectivity index (χ1n) is 12.1. The lowest BCUT2D eigenvalue weighted by Gasteiger charge is -2.47. The first kappa shape index (κ1) is 25.1. The minimum Gasteiger partial charge on any atom is -0.496 e. The Hall–Kier alpha value is -2.97. The van der Waals surface area contributed by atoms with Gasteiger partial charge in [0.05, 0.1) is 13.2 Å². The number of nitrogens with one attached hydrogen (secondary N) is 1. The van der Waals surface area contributed by atoms with Crippen LogP contribution in [-0.2, 0) is 21.5 Å². The van der Waals surface area contributed by atoms with Gasteiger partial charge in [-0.15, -0.1) is 0 Å². The molecule has 0 radical (unpaired) electrons. The zero-order valence-electron chi connectivity index (χ0n) is 21.2. The normalized spacial score (nSPS) is 22.1. The van der Waals surface area contributed by atoms with E-state index in [2.05, 4.69) is 10.2 Å². The van der Waals surface area contributed by atoms with Gasteiger partial charge < -0.3 is 19.9 Å². The maximum absolute atomic E-state index is 14.7. The number of piperidine rings is 1. The standard InChI is InChI=1S/C27H35FN4O3/c1-30(2)15-13-18-9-12-24(35-5)21(16-18)27(20-17-19(28)10-11-22(20)29-26(27)34)32-14-7-6-8-23(32)25(33)31(3)4/h9-12,16-17,23H,6-8,13-15H2,1-5H3,(H,29,34)/t23-,27?/m0/s1. The number of amides is 2. The Morgan fingerprint density at radius 3 is 2.60 bits per heavy atom. The molecule has 0 aliphatic carbocycles. The lowest BCUT2D eigenvalue weighted by molar-refractivity contribution is -0.142. The van der Waals surface area contributed by atoms with Crippen molar-refractivity contribution in [1.82, 2.24) is 14.7 Å². The highest BCUT2D eigenvalue weighted by Gasteiger charge is 2.57. The van der Waals surface area contributed by atoms with Gasteiger partial charge in [0.1, 0.15) is 11.6 Å². The third kappa shape index (κ3) is 4.41. The van der Waals surface area contributed by atoms with Gasteiger partial charge >= 0.3 is 0 Å². The van der Waals surface area contributed by atoms with Crippen LogP contribution >= 0.6 is 0 Å². The number of carbonyl (C=O) groups excluding carboxylic acids is 2. The Morgan fingerprint density at radius 2 is 1.91 bits per heavy atom. The molecule has 2 aromatic carbocycles. The molecule has 35 heavy (non-hydrogen) atoms. The summed E-state index contributed by atoms with van der Waals surface area (Å²) >= 11 is 0. The lowest BCUT2D eigenvalue weighted by atomic mass is 9.78. The van der Waals surface area contributed by atoms with Crippen molar-refractivity contribution < 1.29 is 18.7 Å². The Kier molecular flexibility index (Phi) is 7.15. The van der Waals surface area contributed by atoms with E-state index in [4.69, 9.17) is 4.74 Å². The molecule has 1 unspecified atom stereocenters. The summed E-state index contributed by atoms with van der Waals surface area (Å²) in [6.07, 6.45) is 3.12.